The highest BCUT2D eigenvalue weighted by molar-refractivity contribution is 7.82. The van der Waals surface area contributed by atoms with Gasteiger partial charge in [-0.2, -0.15) is 5.26 Å². The van der Waals surface area contributed by atoms with E-state index in [-0.39, 0.29) is 4.99 Å². The van der Waals surface area contributed by atoms with E-state index in [1.807, 2.05) is 6.07 Å². The number of nitriles is 1. The third-order valence-corrected chi connectivity index (χ3v) is 2.42. The van der Waals surface area contributed by atoms with Crippen LogP contribution in [0.2, 0.25) is 0 Å². The third kappa shape index (κ3) is 1.85. The van der Waals surface area contributed by atoms with E-state index in [1.165, 1.54) is 0 Å². The largest absolute Gasteiger partial charge is 0.392 e. The number of hydrogen-bond donors (Lipinski definition) is 2. The van der Waals surface area contributed by atoms with Crippen molar-refractivity contribution >= 4 is 34.4 Å². The smallest absolute Gasteiger partial charge is 0.154 e. The van der Waals surface area contributed by atoms with Crippen molar-refractivity contribution in [2.45, 2.75) is 6.92 Å². The molecule has 0 bridgehead atoms. The van der Waals surface area contributed by atoms with Crippen LogP contribution in [0.15, 0.2) is 0 Å². The normalized spacial score (nSPS) is 14.3. The first kappa shape index (κ1) is 10.3. The van der Waals surface area contributed by atoms with Crippen LogP contribution in [0.4, 0.5) is 0 Å². The van der Waals surface area contributed by atoms with Crippen LogP contribution < -0.4 is 11.1 Å². The second kappa shape index (κ2) is 3.60. The minimum absolute atomic E-state index is 0.0966. The zero-order chi connectivity index (χ0) is 9.07. The Morgan fingerprint density at radius 3 is 2.18 bits per heavy atom. The van der Waals surface area contributed by atoms with Gasteiger partial charge in [-0.1, -0.05) is 24.4 Å². The van der Waals surface area contributed by atoms with E-state index in [0.717, 1.165) is 0 Å². The van der Waals surface area contributed by atoms with Crippen molar-refractivity contribution < 1.29 is 0 Å². The molecule has 0 spiro atoms. The van der Waals surface area contributed by atoms with Crippen molar-refractivity contribution in [1.82, 2.24) is 5.32 Å². The van der Waals surface area contributed by atoms with Crippen molar-refractivity contribution in [3.8, 4) is 6.07 Å². The quantitative estimate of drug-likeness (QED) is 0.611. The molecule has 0 aromatic heterocycles. The lowest BCUT2D eigenvalue weighted by atomic mass is 9.93. The summed E-state index contributed by atoms with van der Waals surface area (Å²) in [4.78, 5) is 0.451. The van der Waals surface area contributed by atoms with Gasteiger partial charge < -0.3 is 11.1 Å². The fourth-order valence-electron chi connectivity index (χ4n) is 0.468. The number of nitrogens with one attached hydrogen (secondary N) is 1. The summed E-state index contributed by atoms with van der Waals surface area (Å²) in [5.74, 6) is 0. The molecule has 5 heteroatoms. The highest BCUT2D eigenvalue weighted by Gasteiger charge is 2.32. The van der Waals surface area contributed by atoms with E-state index in [2.05, 4.69) is 5.32 Å². The lowest BCUT2D eigenvalue weighted by Crippen LogP contribution is -2.43. The Morgan fingerprint density at radius 2 is 2.09 bits per heavy atom. The predicted octanol–water partition coefficient (Wildman–Crippen LogP) is 0.349. The van der Waals surface area contributed by atoms with Gasteiger partial charge >= 0.3 is 0 Å². The average molecular weight is 187 g/mol. The molecule has 0 saturated carbocycles. The maximum Gasteiger partial charge on any atom is 0.154 e. The van der Waals surface area contributed by atoms with Crippen LogP contribution in [-0.2, 0) is 0 Å². The standard InChI is InChI=1S/C6H9N3S2/c1-6(3-7,4(8)10)5(11)9-2/h1-2H3,(H2,8,10)(H,9,11). The second-order valence-corrected chi connectivity index (χ2v) is 3.03. The predicted molar refractivity (Wildman–Crippen MR) is 52.2 cm³/mol. The van der Waals surface area contributed by atoms with Gasteiger partial charge in [0.15, 0.2) is 5.41 Å². The van der Waals surface area contributed by atoms with Crippen LogP contribution in [0.3, 0.4) is 0 Å². The van der Waals surface area contributed by atoms with Gasteiger partial charge in [-0.15, -0.1) is 0 Å². The lowest BCUT2D eigenvalue weighted by molar-refractivity contribution is 0.828. The van der Waals surface area contributed by atoms with Crippen LogP contribution in [0, 0.1) is 16.7 Å². The molecule has 0 fully saturated rings. The minimum Gasteiger partial charge on any atom is -0.392 e. The van der Waals surface area contributed by atoms with Gasteiger partial charge in [0.05, 0.1) is 11.1 Å². The van der Waals surface area contributed by atoms with Crippen molar-refractivity contribution in [3.05, 3.63) is 0 Å². The average Bonchev–Trinajstić information content (AvgIpc) is 2.01. The molecule has 0 aromatic carbocycles. The van der Waals surface area contributed by atoms with Crippen molar-refractivity contribution in [2.24, 2.45) is 11.1 Å². The third-order valence-electron chi connectivity index (χ3n) is 1.40. The zero-order valence-electron chi connectivity index (χ0n) is 6.34. The van der Waals surface area contributed by atoms with E-state index in [4.69, 9.17) is 35.4 Å². The van der Waals surface area contributed by atoms with E-state index >= 15 is 0 Å². The summed E-state index contributed by atoms with van der Waals surface area (Å²) in [6.07, 6.45) is 0. The molecule has 60 valence electrons. The molecule has 1 atom stereocenters. The molecular weight excluding hydrogens is 178 g/mol. The number of rotatable bonds is 2. The monoisotopic (exact) mass is 187 g/mol. The minimum atomic E-state index is -1.01. The first-order valence-corrected chi connectivity index (χ1v) is 3.74. The Morgan fingerprint density at radius 1 is 1.64 bits per heavy atom. The Labute approximate surface area is 76.6 Å². The highest BCUT2D eigenvalue weighted by atomic mass is 32.1. The van der Waals surface area contributed by atoms with Gasteiger partial charge in [-0.25, -0.2) is 0 Å². The maximum atomic E-state index is 8.71. The summed E-state index contributed by atoms with van der Waals surface area (Å²) in [6.45, 7) is 1.59. The van der Waals surface area contributed by atoms with E-state index in [1.54, 1.807) is 14.0 Å². The molecular formula is C6H9N3S2. The summed E-state index contributed by atoms with van der Waals surface area (Å²) < 4.78 is 0. The van der Waals surface area contributed by atoms with Crippen molar-refractivity contribution in [3.63, 3.8) is 0 Å². The summed E-state index contributed by atoms with van der Waals surface area (Å²) in [5, 5.41) is 11.4. The molecule has 0 amide bonds. The van der Waals surface area contributed by atoms with Gasteiger partial charge in [0.1, 0.15) is 4.99 Å². The van der Waals surface area contributed by atoms with Crippen LogP contribution in [0.25, 0.3) is 0 Å². The summed E-state index contributed by atoms with van der Waals surface area (Å²) in [5.41, 5.74) is 4.32. The molecule has 0 aliphatic carbocycles. The molecule has 0 rings (SSSR count). The van der Waals surface area contributed by atoms with Crippen LogP contribution >= 0.6 is 24.4 Å². The molecule has 0 heterocycles. The van der Waals surface area contributed by atoms with Gasteiger partial charge in [0.2, 0.25) is 0 Å². The Balaban J connectivity index is 4.79. The van der Waals surface area contributed by atoms with E-state index < -0.39 is 5.41 Å². The summed E-state index contributed by atoms with van der Waals surface area (Å²) in [6, 6.07) is 1.96. The number of nitrogens with zero attached hydrogens (tertiary/aromatic N) is 1. The highest BCUT2D eigenvalue weighted by Crippen LogP contribution is 2.16. The van der Waals surface area contributed by atoms with Gasteiger partial charge in [0.25, 0.3) is 0 Å². The number of nitrogens with two attached hydrogens (primary N) is 1. The summed E-state index contributed by atoms with van der Waals surface area (Å²) >= 11 is 9.56. The fourth-order valence-corrected chi connectivity index (χ4v) is 0.836. The Bertz CT molecular complexity index is 230. The lowest BCUT2D eigenvalue weighted by Gasteiger charge is -2.20. The molecule has 3 N–H and O–H groups in total. The summed E-state index contributed by atoms with van der Waals surface area (Å²) in [7, 11) is 1.64. The fraction of sp³-hybridized carbons (Fsp3) is 0.500. The van der Waals surface area contributed by atoms with Gasteiger partial charge in [-0.05, 0) is 6.92 Å². The van der Waals surface area contributed by atoms with Crippen molar-refractivity contribution in [2.75, 3.05) is 7.05 Å². The maximum absolute atomic E-state index is 8.71. The topological polar surface area (TPSA) is 61.8 Å². The SMILES string of the molecule is CNC(=S)C(C)(C#N)C(N)=S. The van der Waals surface area contributed by atoms with Crippen LogP contribution in [0.5, 0.6) is 0 Å². The zero-order valence-corrected chi connectivity index (χ0v) is 7.97. The van der Waals surface area contributed by atoms with Gasteiger partial charge in [-0.3, -0.25) is 0 Å². The Kier molecular flexibility index (Phi) is 3.36. The first-order valence-electron chi connectivity index (χ1n) is 2.92. The number of thiocarbonyl (C=S) groups is 2. The molecule has 1 unspecified atom stereocenters. The van der Waals surface area contributed by atoms with Crippen LogP contribution in [-0.4, -0.2) is 17.0 Å². The van der Waals surface area contributed by atoms with E-state index in [0.29, 0.717) is 4.99 Å². The Hall–Kier alpha value is -0.730. The van der Waals surface area contributed by atoms with Crippen molar-refractivity contribution in [1.29, 1.82) is 5.26 Å². The van der Waals surface area contributed by atoms with E-state index in [9.17, 15) is 0 Å². The second-order valence-electron chi connectivity index (χ2n) is 2.18. The molecule has 3 nitrogen and oxygen atoms in total. The molecule has 0 aliphatic heterocycles. The molecule has 0 saturated heterocycles. The molecule has 0 radical (unpaired) electrons. The molecule has 0 aromatic rings. The number of hydrogen-bond acceptors (Lipinski definition) is 3. The molecule has 0 aliphatic rings. The molecule has 11 heavy (non-hydrogen) atoms. The first-order chi connectivity index (χ1) is 4.99. The van der Waals surface area contributed by atoms with Gasteiger partial charge in [0, 0.05) is 7.05 Å². The van der Waals surface area contributed by atoms with Crippen LogP contribution in [0.1, 0.15) is 6.92 Å².